The second kappa shape index (κ2) is 8.73. The van der Waals surface area contributed by atoms with Gasteiger partial charge in [-0.05, 0) is 17.5 Å². The van der Waals surface area contributed by atoms with E-state index in [0.717, 1.165) is 6.42 Å². The first-order valence-corrected chi connectivity index (χ1v) is 10.2. The smallest absolute Gasteiger partial charge is 0.253 e. The molecule has 0 aliphatic carbocycles. The van der Waals surface area contributed by atoms with E-state index in [-0.39, 0.29) is 18.2 Å². The Labute approximate surface area is 169 Å². The minimum Gasteiger partial charge on any atom is -0.365 e. The Bertz CT molecular complexity index is 881. The van der Waals surface area contributed by atoms with Gasteiger partial charge >= 0.3 is 0 Å². The first-order chi connectivity index (χ1) is 14.1. The number of amides is 2. The molecule has 8 heteroatoms. The Morgan fingerprint density at radius 1 is 1.17 bits per heavy atom. The quantitative estimate of drug-likeness (QED) is 0.756. The number of hydrogen-bond acceptors (Lipinski definition) is 6. The van der Waals surface area contributed by atoms with Gasteiger partial charge in [-0.25, -0.2) is 0 Å². The molecule has 8 nitrogen and oxygen atoms in total. The molecule has 2 aliphatic rings. The van der Waals surface area contributed by atoms with Gasteiger partial charge in [0.1, 0.15) is 0 Å². The van der Waals surface area contributed by atoms with Crippen LogP contribution in [0.4, 0.5) is 0 Å². The summed E-state index contributed by atoms with van der Waals surface area (Å²) in [5.74, 6) is 1.06. The Morgan fingerprint density at radius 2 is 2.00 bits per heavy atom. The molecule has 1 saturated heterocycles. The first-order valence-electron chi connectivity index (χ1n) is 10.2. The van der Waals surface area contributed by atoms with Crippen LogP contribution in [0.25, 0.3) is 0 Å². The van der Waals surface area contributed by atoms with E-state index in [2.05, 4.69) is 22.3 Å². The van der Waals surface area contributed by atoms with Crippen LogP contribution >= 0.6 is 0 Å². The van der Waals surface area contributed by atoms with Crippen LogP contribution in [-0.4, -0.2) is 64.1 Å². The van der Waals surface area contributed by atoms with Crippen LogP contribution in [0.3, 0.4) is 0 Å². The van der Waals surface area contributed by atoms with Crippen molar-refractivity contribution < 1.29 is 18.8 Å². The largest absolute Gasteiger partial charge is 0.365 e. The van der Waals surface area contributed by atoms with Crippen LogP contribution < -0.4 is 0 Å². The predicted molar refractivity (Wildman–Crippen MR) is 104 cm³/mol. The topological polar surface area (TPSA) is 88.8 Å². The third-order valence-electron chi connectivity index (χ3n) is 5.52. The maximum Gasteiger partial charge on any atom is 0.253 e. The van der Waals surface area contributed by atoms with Crippen molar-refractivity contribution in [2.45, 2.75) is 45.3 Å². The van der Waals surface area contributed by atoms with Gasteiger partial charge in [-0.2, -0.15) is 4.98 Å². The van der Waals surface area contributed by atoms with Crippen LogP contribution in [0.2, 0.25) is 0 Å². The zero-order valence-electron chi connectivity index (χ0n) is 16.7. The Kier molecular flexibility index (Phi) is 5.89. The van der Waals surface area contributed by atoms with Gasteiger partial charge in [0.05, 0.1) is 13.2 Å². The molecule has 0 unspecified atom stereocenters. The molecule has 29 heavy (non-hydrogen) atoms. The number of aryl methyl sites for hydroxylation is 2. The van der Waals surface area contributed by atoms with E-state index in [4.69, 9.17) is 9.26 Å². The zero-order valence-corrected chi connectivity index (χ0v) is 16.7. The fourth-order valence-corrected chi connectivity index (χ4v) is 3.82. The molecular weight excluding hydrogens is 372 g/mol. The van der Waals surface area contributed by atoms with Crippen LogP contribution in [0, 0.1) is 0 Å². The maximum atomic E-state index is 13.0. The molecule has 3 heterocycles. The molecule has 0 spiro atoms. The van der Waals surface area contributed by atoms with E-state index < -0.39 is 6.10 Å². The van der Waals surface area contributed by atoms with Crippen LogP contribution in [0.5, 0.6) is 0 Å². The third kappa shape index (κ3) is 4.48. The Hall–Kier alpha value is -2.74. The Balaban J connectivity index is 1.31. The number of benzene rings is 1. The normalized spacial score (nSPS) is 19.1. The van der Waals surface area contributed by atoms with Crippen LogP contribution in [0.15, 0.2) is 28.8 Å². The molecular formula is C21H26N4O4. The summed E-state index contributed by atoms with van der Waals surface area (Å²) in [5, 5.41) is 3.85. The van der Waals surface area contributed by atoms with Crippen molar-refractivity contribution in [2.24, 2.45) is 0 Å². The van der Waals surface area contributed by atoms with Crippen molar-refractivity contribution in [3.05, 3.63) is 47.1 Å². The summed E-state index contributed by atoms with van der Waals surface area (Å²) in [6, 6.07) is 8.20. The summed E-state index contributed by atoms with van der Waals surface area (Å²) in [4.78, 5) is 33.4. The standard InChI is InChI=1S/C21H26N4O4/c1-2-18-22-19(29-23-18)7-8-20(26)24-11-12-28-17(14-24)21(27)25-10-9-15-5-3-4-6-16(15)13-25/h3-6,17H,2,7-14H2,1H3/t17-/m1/s1. The molecule has 4 rings (SSSR count). The number of carbonyl (C=O) groups excluding carboxylic acids is 2. The number of nitrogens with zero attached hydrogens (tertiary/aromatic N) is 4. The maximum absolute atomic E-state index is 13.0. The molecule has 154 valence electrons. The monoisotopic (exact) mass is 398 g/mol. The number of morpholine rings is 1. The molecule has 2 aromatic rings. The summed E-state index contributed by atoms with van der Waals surface area (Å²) in [6.45, 7) is 4.38. The first kappa shape index (κ1) is 19.6. The SMILES string of the molecule is CCc1noc(CCC(=O)N2CCO[C@@H](C(=O)N3CCc4ccccc4C3)C2)n1. The van der Waals surface area contributed by atoms with Crippen molar-refractivity contribution in [3.63, 3.8) is 0 Å². The molecule has 1 aromatic heterocycles. The average Bonchev–Trinajstić information content (AvgIpc) is 3.25. The van der Waals surface area contributed by atoms with Gasteiger partial charge in [0.15, 0.2) is 11.9 Å². The lowest BCUT2D eigenvalue weighted by atomic mass is 9.99. The number of hydrogen-bond donors (Lipinski definition) is 0. The fourth-order valence-electron chi connectivity index (χ4n) is 3.82. The van der Waals surface area contributed by atoms with E-state index in [9.17, 15) is 9.59 Å². The van der Waals surface area contributed by atoms with Crippen molar-refractivity contribution in [1.82, 2.24) is 19.9 Å². The second-order valence-electron chi connectivity index (χ2n) is 7.44. The molecule has 0 N–H and O–H groups in total. The lowest BCUT2D eigenvalue weighted by molar-refractivity contribution is -0.155. The van der Waals surface area contributed by atoms with E-state index in [1.807, 2.05) is 24.0 Å². The van der Waals surface area contributed by atoms with E-state index in [1.54, 1.807) is 4.90 Å². The summed E-state index contributed by atoms with van der Waals surface area (Å²) in [6.07, 6.45) is 1.63. The summed E-state index contributed by atoms with van der Waals surface area (Å²) < 4.78 is 10.9. The number of rotatable bonds is 5. The van der Waals surface area contributed by atoms with Crippen molar-refractivity contribution in [2.75, 3.05) is 26.2 Å². The van der Waals surface area contributed by atoms with Crippen molar-refractivity contribution in [1.29, 1.82) is 0 Å². The van der Waals surface area contributed by atoms with Gasteiger partial charge in [-0.3, -0.25) is 9.59 Å². The molecule has 0 bridgehead atoms. The van der Waals surface area contributed by atoms with Gasteiger partial charge < -0.3 is 19.1 Å². The van der Waals surface area contributed by atoms with E-state index >= 15 is 0 Å². The molecule has 2 amide bonds. The Morgan fingerprint density at radius 3 is 2.79 bits per heavy atom. The van der Waals surface area contributed by atoms with Gasteiger partial charge in [-0.1, -0.05) is 36.3 Å². The van der Waals surface area contributed by atoms with Crippen LogP contribution in [-0.2, 0) is 40.1 Å². The number of aromatic nitrogens is 2. The highest BCUT2D eigenvalue weighted by Crippen LogP contribution is 2.20. The summed E-state index contributed by atoms with van der Waals surface area (Å²) >= 11 is 0. The minimum absolute atomic E-state index is 0.0219. The van der Waals surface area contributed by atoms with Gasteiger partial charge in [0.2, 0.25) is 11.8 Å². The highest BCUT2D eigenvalue weighted by Gasteiger charge is 2.33. The third-order valence-corrected chi connectivity index (χ3v) is 5.52. The number of ether oxygens (including phenoxy) is 1. The van der Waals surface area contributed by atoms with Gasteiger partial charge in [-0.15, -0.1) is 0 Å². The highest BCUT2D eigenvalue weighted by atomic mass is 16.5. The number of fused-ring (bicyclic) bond motifs is 1. The zero-order chi connectivity index (χ0) is 20.2. The number of carbonyl (C=O) groups is 2. The highest BCUT2D eigenvalue weighted by molar-refractivity contribution is 5.83. The van der Waals surface area contributed by atoms with E-state index in [0.29, 0.717) is 57.3 Å². The summed E-state index contributed by atoms with van der Waals surface area (Å²) in [7, 11) is 0. The van der Waals surface area contributed by atoms with Crippen molar-refractivity contribution >= 4 is 11.8 Å². The molecule has 1 fully saturated rings. The second-order valence-corrected chi connectivity index (χ2v) is 7.44. The predicted octanol–water partition coefficient (Wildman–Crippen LogP) is 1.38. The molecule has 0 saturated carbocycles. The average molecular weight is 398 g/mol. The molecule has 0 radical (unpaired) electrons. The fraction of sp³-hybridized carbons (Fsp3) is 0.524. The van der Waals surface area contributed by atoms with Crippen molar-refractivity contribution in [3.8, 4) is 0 Å². The van der Waals surface area contributed by atoms with Gasteiger partial charge in [0, 0.05) is 38.9 Å². The lowest BCUT2D eigenvalue weighted by Gasteiger charge is -2.36. The summed E-state index contributed by atoms with van der Waals surface area (Å²) in [5.41, 5.74) is 2.48. The molecule has 2 aliphatic heterocycles. The molecule has 1 atom stereocenters. The minimum atomic E-state index is -0.604. The lowest BCUT2D eigenvalue weighted by Crippen LogP contribution is -2.53. The van der Waals surface area contributed by atoms with E-state index in [1.165, 1.54) is 11.1 Å². The van der Waals surface area contributed by atoms with Gasteiger partial charge in [0.25, 0.3) is 5.91 Å². The molecule has 1 aromatic carbocycles. The van der Waals surface area contributed by atoms with Crippen LogP contribution in [0.1, 0.15) is 36.2 Å².